The molecule has 170 valence electrons. The van der Waals surface area contributed by atoms with Crippen LogP contribution >= 0.6 is 0 Å². The van der Waals surface area contributed by atoms with Gasteiger partial charge in [-0.15, -0.1) is 10.2 Å². The summed E-state index contributed by atoms with van der Waals surface area (Å²) < 4.78 is 68.4. The maximum atomic E-state index is 14.0. The molecule has 0 saturated heterocycles. The number of ether oxygens (including phenoxy) is 2. The molecule has 1 aromatic carbocycles. The summed E-state index contributed by atoms with van der Waals surface area (Å²) >= 11 is 0. The molecule has 0 amide bonds. The number of hydrogen-bond acceptors (Lipinski definition) is 4. The third-order valence-electron chi connectivity index (χ3n) is 6.59. The lowest BCUT2D eigenvalue weighted by molar-refractivity contribution is -0.138. The molecule has 0 bridgehead atoms. The number of nitrogens with zero attached hydrogens (tertiary/aromatic N) is 3. The van der Waals surface area contributed by atoms with Crippen LogP contribution in [0.15, 0.2) is 36.5 Å². The van der Waals surface area contributed by atoms with Crippen molar-refractivity contribution in [2.75, 3.05) is 7.11 Å². The van der Waals surface area contributed by atoms with Crippen molar-refractivity contribution in [1.29, 1.82) is 0 Å². The summed E-state index contributed by atoms with van der Waals surface area (Å²) in [6.07, 6.45) is 0.504. The van der Waals surface area contributed by atoms with Gasteiger partial charge in [0.15, 0.2) is 5.65 Å². The first-order chi connectivity index (χ1) is 15.3. The van der Waals surface area contributed by atoms with E-state index in [2.05, 4.69) is 10.2 Å². The van der Waals surface area contributed by atoms with Crippen LogP contribution in [0, 0.1) is 5.82 Å². The van der Waals surface area contributed by atoms with Gasteiger partial charge in [0.1, 0.15) is 23.0 Å². The van der Waals surface area contributed by atoms with Crippen LogP contribution in [0.5, 0.6) is 5.75 Å². The highest BCUT2D eigenvalue weighted by atomic mass is 19.4. The molecule has 2 aromatic heterocycles. The van der Waals surface area contributed by atoms with E-state index in [1.165, 1.54) is 22.6 Å². The van der Waals surface area contributed by atoms with Crippen LogP contribution in [-0.2, 0) is 16.5 Å². The molecule has 2 aliphatic rings. The standard InChI is InChI=1S/C23H23F4N3O2/c1-31-22(15-4-6-16(24)7-5-15)11-8-17(9-12-22)32-18-10-13-30-20(14-2-3-14)28-29-21(30)19(18)23(25,26)27/h4-7,10,13-14,17H,2-3,8-9,11-12H2,1H3/t17-,22-. The highest BCUT2D eigenvalue weighted by Gasteiger charge is 2.42. The van der Waals surface area contributed by atoms with Gasteiger partial charge in [-0.1, -0.05) is 12.1 Å². The molecule has 0 unspecified atom stereocenters. The second-order valence-electron chi connectivity index (χ2n) is 8.60. The van der Waals surface area contributed by atoms with E-state index in [4.69, 9.17) is 9.47 Å². The maximum Gasteiger partial charge on any atom is 0.423 e. The fourth-order valence-electron chi connectivity index (χ4n) is 4.66. The van der Waals surface area contributed by atoms with Gasteiger partial charge in [0, 0.05) is 19.2 Å². The second-order valence-corrected chi connectivity index (χ2v) is 8.60. The summed E-state index contributed by atoms with van der Waals surface area (Å²) in [7, 11) is 1.60. The van der Waals surface area contributed by atoms with Crippen LogP contribution in [-0.4, -0.2) is 27.8 Å². The predicted octanol–water partition coefficient (Wildman–Crippen LogP) is 5.63. The molecule has 9 heteroatoms. The lowest BCUT2D eigenvalue weighted by atomic mass is 9.78. The van der Waals surface area contributed by atoms with Crippen LogP contribution in [0.25, 0.3) is 5.65 Å². The minimum absolute atomic E-state index is 0.171. The average molecular weight is 449 g/mol. The van der Waals surface area contributed by atoms with E-state index in [1.807, 2.05) is 0 Å². The largest absolute Gasteiger partial charge is 0.490 e. The van der Waals surface area contributed by atoms with Gasteiger partial charge in [0.2, 0.25) is 0 Å². The summed E-state index contributed by atoms with van der Waals surface area (Å²) in [5.74, 6) is 0.186. The summed E-state index contributed by atoms with van der Waals surface area (Å²) in [5.41, 5.74) is -0.851. The zero-order chi connectivity index (χ0) is 22.5. The van der Waals surface area contributed by atoms with E-state index in [0.717, 1.165) is 18.4 Å². The van der Waals surface area contributed by atoms with E-state index in [1.54, 1.807) is 25.4 Å². The normalized spacial score (nSPS) is 24.1. The number of pyridine rings is 1. The van der Waals surface area contributed by atoms with Crippen LogP contribution in [0.1, 0.15) is 61.4 Å². The fourth-order valence-corrected chi connectivity index (χ4v) is 4.66. The fraction of sp³-hybridized carbons (Fsp3) is 0.478. The Kier molecular flexibility index (Phi) is 5.11. The zero-order valence-electron chi connectivity index (χ0n) is 17.5. The smallest absolute Gasteiger partial charge is 0.423 e. The molecule has 32 heavy (non-hydrogen) atoms. The summed E-state index contributed by atoms with van der Waals surface area (Å²) in [6, 6.07) is 7.52. The average Bonchev–Trinajstić information content (AvgIpc) is 3.53. The molecule has 0 spiro atoms. The van der Waals surface area contributed by atoms with Gasteiger partial charge in [-0.25, -0.2) is 4.39 Å². The number of halogens is 4. The van der Waals surface area contributed by atoms with Crippen LogP contribution in [0.4, 0.5) is 17.6 Å². The van der Waals surface area contributed by atoms with Crippen molar-refractivity contribution < 1.29 is 27.0 Å². The molecular formula is C23H23F4N3O2. The summed E-state index contributed by atoms with van der Waals surface area (Å²) in [5, 5.41) is 7.85. The van der Waals surface area contributed by atoms with Crippen molar-refractivity contribution in [1.82, 2.24) is 14.6 Å². The number of rotatable bonds is 5. The molecular weight excluding hydrogens is 426 g/mol. The van der Waals surface area contributed by atoms with Gasteiger partial charge < -0.3 is 9.47 Å². The number of fused-ring (bicyclic) bond motifs is 1. The first-order valence-corrected chi connectivity index (χ1v) is 10.7. The number of aromatic nitrogens is 3. The van der Waals surface area contributed by atoms with Crippen LogP contribution in [0.3, 0.4) is 0 Å². The van der Waals surface area contributed by atoms with Gasteiger partial charge >= 0.3 is 6.18 Å². The molecule has 2 fully saturated rings. The molecule has 0 aliphatic heterocycles. The highest BCUT2D eigenvalue weighted by molar-refractivity contribution is 5.57. The zero-order valence-corrected chi connectivity index (χ0v) is 17.5. The van der Waals surface area contributed by atoms with E-state index in [-0.39, 0.29) is 23.1 Å². The van der Waals surface area contributed by atoms with Gasteiger partial charge in [0.05, 0.1) is 11.7 Å². The second kappa shape index (κ2) is 7.72. The van der Waals surface area contributed by atoms with Crippen molar-refractivity contribution in [3.63, 3.8) is 0 Å². The molecule has 5 rings (SSSR count). The highest BCUT2D eigenvalue weighted by Crippen LogP contribution is 2.45. The monoisotopic (exact) mass is 449 g/mol. The third-order valence-corrected chi connectivity index (χ3v) is 6.59. The summed E-state index contributed by atoms with van der Waals surface area (Å²) in [6.45, 7) is 0. The topological polar surface area (TPSA) is 48.7 Å². The Hall–Kier alpha value is -2.68. The predicted molar refractivity (Wildman–Crippen MR) is 108 cm³/mol. The van der Waals surface area contributed by atoms with Crippen molar-refractivity contribution in [3.05, 3.63) is 59.3 Å². The summed E-state index contributed by atoms with van der Waals surface area (Å²) in [4.78, 5) is 0. The lowest BCUT2D eigenvalue weighted by Crippen LogP contribution is -2.37. The molecule has 2 saturated carbocycles. The SMILES string of the molecule is CO[C@]1(c2ccc(F)cc2)CC[C@@H](Oc2ccn3c(C4CC4)nnc3c2C(F)(F)F)CC1. The third kappa shape index (κ3) is 3.72. The van der Waals surface area contributed by atoms with Crippen LogP contribution in [0.2, 0.25) is 0 Å². The molecule has 0 radical (unpaired) electrons. The van der Waals surface area contributed by atoms with Gasteiger partial charge in [-0.3, -0.25) is 4.40 Å². The van der Waals surface area contributed by atoms with Crippen molar-refractivity contribution in [2.24, 2.45) is 0 Å². The molecule has 5 nitrogen and oxygen atoms in total. The number of hydrogen-bond donors (Lipinski definition) is 0. The first kappa shape index (κ1) is 21.2. The van der Waals surface area contributed by atoms with E-state index >= 15 is 0 Å². The van der Waals surface area contributed by atoms with Crippen LogP contribution < -0.4 is 4.74 Å². The first-order valence-electron chi connectivity index (χ1n) is 10.7. The van der Waals surface area contributed by atoms with Gasteiger partial charge in [-0.2, -0.15) is 13.2 Å². The Labute approximate surface area is 182 Å². The molecule has 0 atom stereocenters. The Morgan fingerprint density at radius 3 is 2.28 bits per heavy atom. The molecule has 0 N–H and O–H groups in total. The quantitative estimate of drug-likeness (QED) is 0.474. The molecule has 2 heterocycles. The minimum Gasteiger partial charge on any atom is -0.490 e. The minimum atomic E-state index is -4.62. The van der Waals surface area contributed by atoms with Gasteiger partial charge in [-0.05, 0) is 62.3 Å². The molecule has 2 aliphatic carbocycles. The number of benzene rings is 1. The maximum absolute atomic E-state index is 14.0. The number of methoxy groups -OCH3 is 1. The Bertz CT molecular complexity index is 1110. The van der Waals surface area contributed by atoms with Gasteiger partial charge in [0.25, 0.3) is 0 Å². The Morgan fingerprint density at radius 2 is 1.69 bits per heavy atom. The van der Waals surface area contributed by atoms with Crippen molar-refractivity contribution in [3.8, 4) is 5.75 Å². The van der Waals surface area contributed by atoms with E-state index in [9.17, 15) is 17.6 Å². The lowest BCUT2D eigenvalue weighted by Gasteiger charge is -2.39. The van der Waals surface area contributed by atoms with E-state index in [0.29, 0.717) is 31.5 Å². The van der Waals surface area contributed by atoms with E-state index < -0.39 is 23.4 Å². The Balaban J connectivity index is 1.39. The molecule has 3 aromatic rings. The Morgan fingerprint density at radius 1 is 1.00 bits per heavy atom. The van der Waals surface area contributed by atoms with Crippen molar-refractivity contribution >= 4 is 5.65 Å². The number of alkyl halides is 3. The van der Waals surface area contributed by atoms with Crippen molar-refractivity contribution in [2.45, 2.75) is 62.3 Å².